The molecule has 6 nitrogen and oxygen atoms in total. The first-order chi connectivity index (χ1) is 18.0. The number of hydrogen-bond donors (Lipinski definition) is 1. The Bertz CT molecular complexity index is 1320. The average molecular weight is 498 g/mol. The zero-order chi connectivity index (χ0) is 25.9. The monoisotopic (exact) mass is 497 g/mol. The molecule has 1 fully saturated rings. The highest BCUT2D eigenvalue weighted by Gasteiger charge is 2.35. The van der Waals surface area contributed by atoms with Crippen molar-refractivity contribution in [2.75, 3.05) is 11.4 Å². The van der Waals surface area contributed by atoms with E-state index in [-0.39, 0.29) is 30.3 Å². The highest BCUT2D eigenvalue weighted by molar-refractivity contribution is 6.26. The van der Waals surface area contributed by atoms with Crippen LogP contribution in [0.1, 0.15) is 66.9 Å². The van der Waals surface area contributed by atoms with Gasteiger partial charge in [0.05, 0.1) is 5.69 Å². The lowest BCUT2D eigenvalue weighted by atomic mass is 9.95. The number of amides is 3. The quantitative estimate of drug-likeness (QED) is 0.455. The second-order valence-electron chi connectivity index (χ2n) is 10.4. The molecule has 37 heavy (non-hydrogen) atoms. The van der Waals surface area contributed by atoms with Gasteiger partial charge in [-0.25, -0.2) is 0 Å². The second kappa shape index (κ2) is 10.8. The molecule has 1 saturated carbocycles. The highest BCUT2D eigenvalue weighted by Crippen LogP contribution is 2.37. The number of nitrogens with one attached hydrogen (secondary N) is 1. The van der Waals surface area contributed by atoms with Crippen LogP contribution in [0.4, 0.5) is 5.69 Å². The number of rotatable bonds is 8. The molecule has 1 aliphatic carbocycles. The normalized spacial score (nSPS) is 16.2. The Morgan fingerprint density at radius 1 is 1.03 bits per heavy atom. The summed E-state index contributed by atoms with van der Waals surface area (Å²) in [5, 5.41) is 5.09. The zero-order valence-electron chi connectivity index (χ0n) is 21.7. The van der Waals surface area contributed by atoms with E-state index in [2.05, 4.69) is 5.32 Å². The Balaban J connectivity index is 1.42. The summed E-state index contributed by atoms with van der Waals surface area (Å²) in [7, 11) is 0. The average Bonchev–Trinajstić information content (AvgIpc) is 3.17. The fraction of sp³-hybridized carbons (Fsp3) is 0.387. The molecule has 6 heteroatoms. The summed E-state index contributed by atoms with van der Waals surface area (Å²) >= 11 is 0. The number of aryl methyl sites for hydroxylation is 1. The first-order valence-corrected chi connectivity index (χ1v) is 13.4. The molecule has 1 heterocycles. The molecule has 0 saturated heterocycles. The van der Waals surface area contributed by atoms with Crippen LogP contribution in [0.5, 0.6) is 0 Å². The van der Waals surface area contributed by atoms with Crippen LogP contribution in [0.15, 0.2) is 60.7 Å². The second-order valence-corrected chi connectivity index (χ2v) is 10.4. The number of benzene rings is 3. The van der Waals surface area contributed by atoms with E-state index < -0.39 is 6.04 Å². The van der Waals surface area contributed by atoms with E-state index in [1.54, 1.807) is 9.80 Å². The van der Waals surface area contributed by atoms with Crippen molar-refractivity contribution in [2.45, 2.75) is 71.0 Å². The van der Waals surface area contributed by atoms with Gasteiger partial charge in [-0.2, -0.15) is 0 Å². The van der Waals surface area contributed by atoms with E-state index in [1.165, 1.54) is 6.42 Å². The van der Waals surface area contributed by atoms with Gasteiger partial charge in [0.1, 0.15) is 12.6 Å². The maximum atomic E-state index is 14.0. The van der Waals surface area contributed by atoms with Gasteiger partial charge in [0.15, 0.2) is 0 Å². The summed E-state index contributed by atoms with van der Waals surface area (Å²) in [5.41, 5.74) is 3.44. The zero-order valence-corrected chi connectivity index (χ0v) is 21.7. The molecular weight excluding hydrogens is 462 g/mol. The smallest absolute Gasteiger partial charge is 0.259 e. The summed E-state index contributed by atoms with van der Waals surface area (Å²) in [6.07, 6.45) is 5.92. The topological polar surface area (TPSA) is 69.7 Å². The van der Waals surface area contributed by atoms with Crippen LogP contribution in [0.2, 0.25) is 0 Å². The molecule has 0 aromatic heterocycles. The number of carbonyl (C=O) groups is 3. The number of hydrogen-bond acceptors (Lipinski definition) is 3. The Hall–Kier alpha value is -3.67. The van der Waals surface area contributed by atoms with Gasteiger partial charge < -0.3 is 10.2 Å². The summed E-state index contributed by atoms with van der Waals surface area (Å²) in [5.74, 6) is -0.505. The van der Waals surface area contributed by atoms with E-state index in [0.29, 0.717) is 18.5 Å². The molecule has 1 aliphatic heterocycles. The molecule has 5 rings (SSSR count). The number of anilines is 1. The van der Waals surface area contributed by atoms with Crippen LogP contribution in [0, 0.1) is 6.92 Å². The Labute approximate surface area is 218 Å². The lowest BCUT2D eigenvalue weighted by Crippen LogP contribution is -2.53. The fourth-order valence-electron chi connectivity index (χ4n) is 5.83. The molecule has 0 spiro atoms. The third-order valence-corrected chi connectivity index (χ3v) is 7.72. The van der Waals surface area contributed by atoms with Crippen molar-refractivity contribution in [1.29, 1.82) is 0 Å². The predicted molar refractivity (Wildman–Crippen MR) is 146 cm³/mol. The van der Waals surface area contributed by atoms with Crippen LogP contribution < -0.4 is 10.2 Å². The predicted octanol–water partition coefficient (Wildman–Crippen LogP) is 5.36. The molecule has 0 bridgehead atoms. The van der Waals surface area contributed by atoms with Crippen molar-refractivity contribution >= 4 is 34.2 Å². The van der Waals surface area contributed by atoms with Gasteiger partial charge in [-0.1, -0.05) is 80.3 Å². The van der Waals surface area contributed by atoms with Crippen molar-refractivity contribution in [3.8, 4) is 0 Å². The largest absolute Gasteiger partial charge is 0.352 e. The van der Waals surface area contributed by atoms with E-state index in [9.17, 15) is 14.4 Å². The lowest BCUT2D eigenvalue weighted by Gasteiger charge is -2.34. The third-order valence-electron chi connectivity index (χ3n) is 7.72. The first-order valence-electron chi connectivity index (χ1n) is 13.4. The molecule has 3 aromatic rings. The summed E-state index contributed by atoms with van der Waals surface area (Å²) < 4.78 is 0. The molecule has 3 amide bonds. The third kappa shape index (κ3) is 5.10. The Morgan fingerprint density at radius 2 is 1.76 bits per heavy atom. The highest BCUT2D eigenvalue weighted by atomic mass is 16.2. The van der Waals surface area contributed by atoms with Crippen molar-refractivity contribution < 1.29 is 14.4 Å². The van der Waals surface area contributed by atoms with Gasteiger partial charge in [0.25, 0.3) is 5.91 Å². The molecule has 0 radical (unpaired) electrons. The van der Waals surface area contributed by atoms with Crippen LogP contribution in [0.3, 0.4) is 0 Å². The van der Waals surface area contributed by atoms with Gasteiger partial charge in [-0.3, -0.25) is 19.3 Å². The fourth-order valence-corrected chi connectivity index (χ4v) is 5.83. The standard InChI is InChI=1S/C31H35N3O3/c1-3-26(30(36)32-24-14-5-4-6-15-24)33(19-22-11-7-10-21(2)18-22)28(35)20-34-27-17-9-13-23-12-8-16-25(29(23)27)31(34)37/h7-13,16-18,24,26H,3-6,14-15,19-20H2,1-2H3,(H,32,36)/t26-/m0/s1. The molecule has 3 aromatic carbocycles. The van der Waals surface area contributed by atoms with Crippen molar-refractivity contribution in [1.82, 2.24) is 10.2 Å². The maximum Gasteiger partial charge on any atom is 0.259 e. The van der Waals surface area contributed by atoms with Gasteiger partial charge >= 0.3 is 0 Å². The minimum absolute atomic E-state index is 0.103. The van der Waals surface area contributed by atoms with E-state index >= 15 is 0 Å². The first kappa shape index (κ1) is 25.0. The number of nitrogens with zero attached hydrogens (tertiary/aromatic N) is 2. The van der Waals surface area contributed by atoms with Crippen molar-refractivity contribution in [3.63, 3.8) is 0 Å². The summed E-state index contributed by atoms with van der Waals surface area (Å²) in [4.78, 5) is 44.0. The van der Waals surface area contributed by atoms with Crippen LogP contribution in [-0.2, 0) is 16.1 Å². The molecule has 192 valence electrons. The van der Waals surface area contributed by atoms with Crippen LogP contribution in [-0.4, -0.2) is 41.2 Å². The minimum Gasteiger partial charge on any atom is -0.352 e. The molecule has 2 aliphatic rings. The van der Waals surface area contributed by atoms with E-state index in [4.69, 9.17) is 0 Å². The van der Waals surface area contributed by atoms with E-state index in [1.807, 2.05) is 74.5 Å². The van der Waals surface area contributed by atoms with Gasteiger partial charge in [-0.05, 0) is 49.3 Å². The van der Waals surface area contributed by atoms with Gasteiger partial charge in [0.2, 0.25) is 11.8 Å². The van der Waals surface area contributed by atoms with Crippen molar-refractivity contribution in [3.05, 3.63) is 77.4 Å². The molecule has 1 atom stereocenters. The van der Waals surface area contributed by atoms with E-state index in [0.717, 1.165) is 53.3 Å². The summed E-state index contributed by atoms with van der Waals surface area (Å²) in [6.45, 7) is 4.17. The SMILES string of the molecule is CC[C@@H](C(=O)NC1CCCCC1)N(Cc1cccc(C)c1)C(=O)CN1C(=O)c2cccc3cccc1c23. The van der Waals surface area contributed by atoms with Crippen LogP contribution >= 0.6 is 0 Å². The lowest BCUT2D eigenvalue weighted by molar-refractivity contribution is -0.140. The van der Waals surface area contributed by atoms with Gasteiger partial charge in [0, 0.05) is 23.5 Å². The maximum absolute atomic E-state index is 14.0. The number of carbonyl (C=O) groups excluding carboxylic acids is 3. The van der Waals surface area contributed by atoms with Gasteiger partial charge in [-0.15, -0.1) is 0 Å². The molecule has 1 N–H and O–H groups in total. The minimum atomic E-state index is -0.606. The summed E-state index contributed by atoms with van der Waals surface area (Å²) in [6, 6.07) is 19.0. The van der Waals surface area contributed by atoms with Crippen LogP contribution in [0.25, 0.3) is 10.8 Å². The van der Waals surface area contributed by atoms with Crippen molar-refractivity contribution in [2.24, 2.45) is 0 Å². The molecule has 0 unspecified atom stereocenters. The Morgan fingerprint density at radius 3 is 2.49 bits per heavy atom. The Kier molecular flexibility index (Phi) is 7.26. The molecular formula is C31H35N3O3.